The minimum atomic E-state index is -0.522. The van der Waals surface area contributed by atoms with Gasteiger partial charge in [-0.15, -0.1) is 0 Å². The second-order valence-electron chi connectivity index (χ2n) is 6.37. The Labute approximate surface area is 111 Å². The monoisotopic (exact) mass is 247 g/mol. The molecule has 0 saturated heterocycles. The van der Waals surface area contributed by atoms with Gasteiger partial charge in [0.2, 0.25) is 0 Å². The van der Waals surface area contributed by atoms with E-state index in [0.717, 1.165) is 5.56 Å². The lowest BCUT2D eigenvalue weighted by atomic mass is 9.70. The molecule has 1 aromatic rings. The molecule has 0 saturated carbocycles. The van der Waals surface area contributed by atoms with Crippen LogP contribution in [0.15, 0.2) is 18.2 Å². The molecule has 2 nitrogen and oxygen atoms in total. The molecule has 0 aliphatic rings. The maximum Gasteiger partial charge on any atom is 0.144 e. The molecule has 0 radical (unpaired) electrons. The molecule has 0 atom stereocenters. The Morgan fingerprint density at radius 2 is 1.67 bits per heavy atom. The van der Waals surface area contributed by atoms with Gasteiger partial charge in [0.15, 0.2) is 0 Å². The third kappa shape index (κ3) is 2.99. The van der Waals surface area contributed by atoms with E-state index in [9.17, 15) is 4.79 Å². The molecule has 2 N–H and O–H groups in total. The van der Waals surface area contributed by atoms with Gasteiger partial charge in [0.25, 0.3) is 0 Å². The van der Waals surface area contributed by atoms with Crippen molar-refractivity contribution in [1.29, 1.82) is 0 Å². The highest BCUT2D eigenvalue weighted by atomic mass is 16.1. The minimum absolute atomic E-state index is 0.193. The van der Waals surface area contributed by atoms with Crippen LogP contribution >= 0.6 is 0 Å². The lowest BCUT2D eigenvalue weighted by Gasteiger charge is -2.37. The molecule has 0 aliphatic carbocycles. The van der Waals surface area contributed by atoms with E-state index in [1.165, 1.54) is 11.1 Å². The van der Waals surface area contributed by atoms with Crippen molar-refractivity contribution < 1.29 is 4.79 Å². The molecule has 0 aromatic heterocycles. The van der Waals surface area contributed by atoms with Gasteiger partial charge in [0.1, 0.15) is 5.78 Å². The number of ketones is 1. The summed E-state index contributed by atoms with van der Waals surface area (Å²) in [6, 6.07) is 6.19. The van der Waals surface area contributed by atoms with Crippen LogP contribution in [0.2, 0.25) is 0 Å². The maximum absolute atomic E-state index is 12.4. The van der Waals surface area contributed by atoms with Gasteiger partial charge in [-0.05, 0) is 44.4 Å². The number of hydrogen-bond acceptors (Lipinski definition) is 2. The van der Waals surface area contributed by atoms with Gasteiger partial charge in [-0.25, -0.2) is 0 Å². The topological polar surface area (TPSA) is 43.1 Å². The number of carbonyl (C=O) groups excluding carboxylic acids is 1. The number of Topliss-reactive ketones (excluding diaryl/α,β-unsaturated/α-hetero) is 1. The Hall–Kier alpha value is -1.15. The van der Waals surface area contributed by atoms with Crippen LogP contribution in [0.3, 0.4) is 0 Å². The zero-order chi connectivity index (χ0) is 14.1. The SMILES string of the molecule is Cc1ccc(CC(=O)C(C)(C)C(C)(C)N)cc1C. The standard InChI is InChI=1S/C16H25NO/c1-11-7-8-13(9-12(11)2)10-14(18)15(3,4)16(5,6)17/h7-9H,10,17H2,1-6H3. The summed E-state index contributed by atoms with van der Waals surface area (Å²) in [5, 5.41) is 0. The first kappa shape index (κ1) is 14.9. The van der Waals surface area contributed by atoms with Crippen LogP contribution in [-0.2, 0) is 11.2 Å². The first-order valence-corrected chi connectivity index (χ1v) is 6.44. The Bertz CT molecular complexity index is 453. The second kappa shape index (κ2) is 4.85. The van der Waals surface area contributed by atoms with Crippen molar-refractivity contribution >= 4 is 5.78 Å². The fourth-order valence-electron chi connectivity index (χ4n) is 1.68. The van der Waals surface area contributed by atoms with E-state index in [4.69, 9.17) is 5.73 Å². The molecule has 2 heteroatoms. The maximum atomic E-state index is 12.4. The van der Waals surface area contributed by atoms with Gasteiger partial charge in [0, 0.05) is 17.4 Å². The van der Waals surface area contributed by atoms with E-state index in [2.05, 4.69) is 26.0 Å². The van der Waals surface area contributed by atoms with Crippen LogP contribution in [0.1, 0.15) is 44.4 Å². The van der Waals surface area contributed by atoms with Crippen LogP contribution in [0.5, 0.6) is 0 Å². The van der Waals surface area contributed by atoms with E-state index in [0.29, 0.717) is 6.42 Å². The van der Waals surface area contributed by atoms with Crippen molar-refractivity contribution in [2.75, 3.05) is 0 Å². The first-order valence-electron chi connectivity index (χ1n) is 6.44. The molecule has 0 bridgehead atoms. The van der Waals surface area contributed by atoms with E-state index >= 15 is 0 Å². The molecular weight excluding hydrogens is 222 g/mol. The quantitative estimate of drug-likeness (QED) is 0.888. The summed E-state index contributed by atoms with van der Waals surface area (Å²) in [5.74, 6) is 0.193. The molecule has 0 heterocycles. The summed E-state index contributed by atoms with van der Waals surface area (Å²) in [6.07, 6.45) is 0.453. The number of nitrogens with two attached hydrogens (primary N) is 1. The van der Waals surface area contributed by atoms with E-state index in [-0.39, 0.29) is 5.78 Å². The summed E-state index contributed by atoms with van der Waals surface area (Å²) in [7, 11) is 0. The minimum Gasteiger partial charge on any atom is -0.325 e. The van der Waals surface area contributed by atoms with Crippen LogP contribution < -0.4 is 5.73 Å². The molecule has 0 aliphatic heterocycles. The van der Waals surface area contributed by atoms with Gasteiger partial charge in [-0.3, -0.25) is 4.79 Å². The third-order valence-corrected chi connectivity index (χ3v) is 4.24. The molecule has 1 rings (SSSR count). The fraction of sp³-hybridized carbons (Fsp3) is 0.562. The Kier molecular flexibility index (Phi) is 4.02. The van der Waals surface area contributed by atoms with Crippen molar-refractivity contribution in [2.24, 2.45) is 11.1 Å². The van der Waals surface area contributed by atoms with Gasteiger partial charge in [-0.2, -0.15) is 0 Å². The average Bonchev–Trinajstić information content (AvgIpc) is 2.21. The lowest BCUT2D eigenvalue weighted by Crippen LogP contribution is -2.52. The van der Waals surface area contributed by atoms with Gasteiger partial charge in [-0.1, -0.05) is 32.0 Å². The van der Waals surface area contributed by atoms with Gasteiger partial charge >= 0.3 is 0 Å². The Morgan fingerprint density at radius 3 is 2.11 bits per heavy atom. The number of aryl methyl sites for hydroxylation is 2. The molecule has 0 fully saturated rings. The molecule has 1 aromatic carbocycles. The molecule has 0 amide bonds. The number of benzene rings is 1. The molecule has 0 spiro atoms. The van der Waals surface area contributed by atoms with Crippen molar-refractivity contribution in [3.05, 3.63) is 34.9 Å². The Balaban J connectivity index is 2.91. The highest BCUT2D eigenvalue weighted by molar-refractivity contribution is 5.87. The molecule has 18 heavy (non-hydrogen) atoms. The highest BCUT2D eigenvalue weighted by Gasteiger charge is 2.39. The molecular formula is C16H25NO. The van der Waals surface area contributed by atoms with Crippen molar-refractivity contribution in [2.45, 2.75) is 53.5 Å². The molecule has 0 unspecified atom stereocenters. The highest BCUT2D eigenvalue weighted by Crippen LogP contribution is 2.30. The number of carbonyl (C=O) groups is 1. The normalized spacial score (nSPS) is 12.6. The van der Waals surface area contributed by atoms with E-state index in [1.54, 1.807) is 0 Å². The zero-order valence-corrected chi connectivity index (χ0v) is 12.4. The summed E-state index contributed by atoms with van der Waals surface area (Å²) in [5.41, 5.74) is 8.62. The van der Waals surface area contributed by atoms with Crippen LogP contribution in [-0.4, -0.2) is 11.3 Å². The largest absolute Gasteiger partial charge is 0.325 e. The number of hydrogen-bond donors (Lipinski definition) is 1. The lowest BCUT2D eigenvalue weighted by molar-refractivity contribution is -0.129. The predicted molar refractivity (Wildman–Crippen MR) is 76.7 cm³/mol. The number of rotatable bonds is 4. The van der Waals surface area contributed by atoms with E-state index in [1.807, 2.05) is 33.8 Å². The van der Waals surface area contributed by atoms with Crippen molar-refractivity contribution in [3.8, 4) is 0 Å². The Morgan fingerprint density at radius 1 is 1.11 bits per heavy atom. The van der Waals surface area contributed by atoms with Crippen LogP contribution in [0.25, 0.3) is 0 Å². The smallest absolute Gasteiger partial charge is 0.144 e. The first-order chi connectivity index (χ1) is 8.05. The van der Waals surface area contributed by atoms with E-state index < -0.39 is 11.0 Å². The van der Waals surface area contributed by atoms with Crippen molar-refractivity contribution in [1.82, 2.24) is 0 Å². The predicted octanol–water partition coefficient (Wildman–Crippen LogP) is 3.18. The average molecular weight is 247 g/mol. The van der Waals surface area contributed by atoms with Gasteiger partial charge in [0.05, 0.1) is 0 Å². The van der Waals surface area contributed by atoms with Crippen LogP contribution in [0.4, 0.5) is 0 Å². The summed E-state index contributed by atoms with van der Waals surface area (Å²) in [6.45, 7) is 11.8. The second-order valence-corrected chi connectivity index (χ2v) is 6.37. The third-order valence-electron chi connectivity index (χ3n) is 4.24. The zero-order valence-electron chi connectivity index (χ0n) is 12.4. The van der Waals surface area contributed by atoms with Crippen LogP contribution in [0, 0.1) is 19.3 Å². The summed E-state index contributed by atoms with van der Waals surface area (Å²) in [4.78, 5) is 12.4. The fourth-order valence-corrected chi connectivity index (χ4v) is 1.68. The molecule has 100 valence electrons. The van der Waals surface area contributed by atoms with Gasteiger partial charge < -0.3 is 5.73 Å². The summed E-state index contributed by atoms with van der Waals surface area (Å²) >= 11 is 0. The summed E-state index contributed by atoms with van der Waals surface area (Å²) < 4.78 is 0. The van der Waals surface area contributed by atoms with Crippen molar-refractivity contribution in [3.63, 3.8) is 0 Å².